The van der Waals surface area contributed by atoms with Crippen molar-refractivity contribution in [2.45, 2.75) is 6.54 Å². The van der Waals surface area contributed by atoms with Gasteiger partial charge in [-0.15, -0.1) is 0 Å². The Morgan fingerprint density at radius 1 is 1.35 bits per heavy atom. The van der Waals surface area contributed by atoms with E-state index in [0.717, 1.165) is 17.1 Å². The Kier molecular flexibility index (Phi) is 4.16. The zero-order chi connectivity index (χ0) is 14.5. The fraction of sp³-hybridized carbons (Fsp3) is 0.200. The minimum atomic E-state index is -0.494. The van der Waals surface area contributed by atoms with Gasteiger partial charge in [-0.05, 0) is 29.8 Å². The maximum absolute atomic E-state index is 13.2. The standard InChI is InChI=1S/C15H15FN4/c1-20(2)15-14(4-3-7-18-15)19-10-11-5-6-13(16)12(8-11)9-17/h3-8,19H,10H2,1-2H3. The monoisotopic (exact) mass is 270 g/mol. The Bertz CT molecular complexity index is 647. The van der Waals surface area contributed by atoms with Crippen molar-refractivity contribution in [3.05, 3.63) is 53.5 Å². The highest BCUT2D eigenvalue weighted by atomic mass is 19.1. The van der Waals surface area contributed by atoms with Crippen LogP contribution in [0.1, 0.15) is 11.1 Å². The van der Waals surface area contributed by atoms with Crippen LogP contribution in [0.2, 0.25) is 0 Å². The first-order valence-corrected chi connectivity index (χ1v) is 6.16. The highest BCUT2D eigenvalue weighted by Gasteiger charge is 2.06. The number of halogens is 1. The molecule has 20 heavy (non-hydrogen) atoms. The van der Waals surface area contributed by atoms with E-state index in [9.17, 15) is 4.39 Å². The first-order chi connectivity index (χ1) is 9.61. The summed E-state index contributed by atoms with van der Waals surface area (Å²) in [6.45, 7) is 0.501. The van der Waals surface area contributed by atoms with Gasteiger partial charge in [-0.2, -0.15) is 5.26 Å². The summed E-state index contributed by atoms with van der Waals surface area (Å²) in [5.74, 6) is 0.335. The molecule has 1 aromatic heterocycles. The average Bonchev–Trinajstić information content (AvgIpc) is 2.46. The maximum Gasteiger partial charge on any atom is 0.151 e. The van der Waals surface area contributed by atoms with Crippen LogP contribution in [-0.2, 0) is 6.54 Å². The van der Waals surface area contributed by atoms with Gasteiger partial charge < -0.3 is 10.2 Å². The van der Waals surface area contributed by atoms with Crippen molar-refractivity contribution in [3.63, 3.8) is 0 Å². The molecule has 0 unspecified atom stereocenters. The van der Waals surface area contributed by atoms with Crippen molar-refractivity contribution < 1.29 is 4.39 Å². The average molecular weight is 270 g/mol. The van der Waals surface area contributed by atoms with Crippen LogP contribution in [0.4, 0.5) is 15.9 Å². The van der Waals surface area contributed by atoms with E-state index in [2.05, 4.69) is 10.3 Å². The smallest absolute Gasteiger partial charge is 0.151 e. The molecule has 102 valence electrons. The lowest BCUT2D eigenvalue weighted by molar-refractivity contribution is 0.623. The highest BCUT2D eigenvalue weighted by molar-refractivity contribution is 5.64. The largest absolute Gasteiger partial charge is 0.378 e. The summed E-state index contributed by atoms with van der Waals surface area (Å²) >= 11 is 0. The lowest BCUT2D eigenvalue weighted by atomic mass is 10.1. The molecule has 0 aliphatic rings. The van der Waals surface area contributed by atoms with Gasteiger partial charge in [0.05, 0.1) is 11.3 Å². The molecule has 0 saturated carbocycles. The van der Waals surface area contributed by atoms with Crippen molar-refractivity contribution in [2.75, 3.05) is 24.3 Å². The number of benzene rings is 1. The number of nitriles is 1. The maximum atomic E-state index is 13.2. The van der Waals surface area contributed by atoms with Gasteiger partial charge in [0.15, 0.2) is 5.82 Å². The number of aromatic nitrogens is 1. The Morgan fingerprint density at radius 3 is 2.85 bits per heavy atom. The van der Waals surface area contributed by atoms with Crippen LogP contribution < -0.4 is 10.2 Å². The Hall–Kier alpha value is -2.61. The summed E-state index contributed by atoms with van der Waals surface area (Å²) in [5, 5.41) is 12.1. The van der Waals surface area contributed by atoms with Crippen molar-refractivity contribution in [3.8, 4) is 6.07 Å². The summed E-state index contributed by atoms with van der Waals surface area (Å²) in [6, 6.07) is 10.1. The molecule has 0 atom stereocenters. The predicted molar refractivity (Wildman–Crippen MR) is 77.0 cm³/mol. The third-order valence-corrected chi connectivity index (χ3v) is 2.84. The van der Waals surface area contributed by atoms with Crippen LogP contribution in [0.15, 0.2) is 36.5 Å². The molecule has 5 heteroatoms. The molecule has 1 N–H and O–H groups in total. The number of rotatable bonds is 4. The van der Waals surface area contributed by atoms with Crippen LogP contribution in [0.3, 0.4) is 0 Å². The lowest BCUT2D eigenvalue weighted by Crippen LogP contribution is -2.13. The number of pyridine rings is 1. The molecular weight excluding hydrogens is 255 g/mol. The second-order valence-electron chi connectivity index (χ2n) is 4.55. The Balaban J connectivity index is 2.15. The molecule has 2 aromatic rings. The predicted octanol–water partition coefficient (Wildman–Crippen LogP) is 2.77. The summed E-state index contributed by atoms with van der Waals surface area (Å²) in [6.07, 6.45) is 1.73. The van der Waals surface area contributed by atoms with Crippen molar-refractivity contribution in [2.24, 2.45) is 0 Å². The minimum Gasteiger partial charge on any atom is -0.378 e. The molecule has 2 rings (SSSR count). The first kappa shape index (κ1) is 13.8. The van der Waals surface area contributed by atoms with Crippen LogP contribution in [0.25, 0.3) is 0 Å². The fourth-order valence-electron chi connectivity index (χ4n) is 1.86. The Labute approximate surface area is 117 Å². The fourth-order valence-corrected chi connectivity index (χ4v) is 1.86. The van der Waals surface area contributed by atoms with Gasteiger partial charge >= 0.3 is 0 Å². The van der Waals surface area contributed by atoms with Gasteiger partial charge in [-0.1, -0.05) is 6.07 Å². The molecule has 1 aromatic carbocycles. The summed E-state index contributed by atoms with van der Waals surface area (Å²) < 4.78 is 13.2. The molecule has 0 radical (unpaired) electrons. The van der Waals surface area contributed by atoms with E-state index < -0.39 is 5.82 Å². The third kappa shape index (κ3) is 3.04. The first-order valence-electron chi connectivity index (χ1n) is 6.16. The summed E-state index contributed by atoms with van der Waals surface area (Å²) in [4.78, 5) is 6.20. The van der Waals surface area contributed by atoms with Gasteiger partial charge in [0.1, 0.15) is 11.9 Å². The minimum absolute atomic E-state index is 0.0586. The van der Waals surface area contributed by atoms with Gasteiger partial charge in [0.25, 0.3) is 0 Å². The molecular formula is C15H15FN4. The van der Waals surface area contributed by atoms with E-state index in [4.69, 9.17) is 5.26 Å². The molecule has 1 heterocycles. The van der Waals surface area contributed by atoms with E-state index >= 15 is 0 Å². The second kappa shape index (κ2) is 6.02. The van der Waals surface area contributed by atoms with Crippen LogP contribution in [0, 0.1) is 17.1 Å². The number of hydrogen-bond acceptors (Lipinski definition) is 4. The van der Waals surface area contributed by atoms with E-state index in [1.165, 1.54) is 6.07 Å². The number of nitrogens with zero attached hydrogens (tertiary/aromatic N) is 3. The van der Waals surface area contributed by atoms with Gasteiger partial charge in [-0.25, -0.2) is 9.37 Å². The van der Waals surface area contributed by atoms with Crippen molar-refractivity contribution in [1.29, 1.82) is 5.26 Å². The van der Waals surface area contributed by atoms with E-state index in [-0.39, 0.29) is 5.56 Å². The highest BCUT2D eigenvalue weighted by Crippen LogP contribution is 2.21. The molecule has 0 amide bonds. The zero-order valence-electron chi connectivity index (χ0n) is 11.4. The molecule has 0 spiro atoms. The zero-order valence-corrected chi connectivity index (χ0v) is 11.4. The number of anilines is 2. The molecule has 4 nitrogen and oxygen atoms in total. The lowest BCUT2D eigenvalue weighted by Gasteiger charge is -2.17. The molecule has 0 aliphatic heterocycles. The van der Waals surface area contributed by atoms with Crippen LogP contribution in [0.5, 0.6) is 0 Å². The van der Waals surface area contributed by atoms with E-state index in [1.807, 2.05) is 37.2 Å². The third-order valence-electron chi connectivity index (χ3n) is 2.84. The summed E-state index contributed by atoms with van der Waals surface area (Å²) in [5.41, 5.74) is 1.79. The van der Waals surface area contributed by atoms with Gasteiger partial charge in [0.2, 0.25) is 0 Å². The topological polar surface area (TPSA) is 52.0 Å². The van der Waals surface area contributed by atoms with Gasteiger partial charge in [0, 0.05) is 26.8 Å². The Morgan fingerprint density at radius 2 is 2.15 bits per heavy atom. The van der Waals surface area contributed by atoms with Crippen molar-refractivity contribution in [1.82, 2.24) is 4.98 Å². The number of hydrogen-bond donors (Lipinski definition) is 1. The molecule has 0 saturated heterocycles. The molecule has 0 bridgehead atoms. The second-order valence-corrected chi connectivity index (χ2v) is 4.55. The van der Waals surface area contributed by atoms with E-state index in [1.54, 1.807) is 18.3 Å². The van der Waals surface area contributed by atoms with Crippen molar-refractivity contribution >= 4 is 11.5 Å². The quantitative estimate of drug-likeness (QED) is 0.928. The van der Waals surface area contributed by atoms with Gasteiger partial charge in [-0.3, -0.25) is 0 Å². The normalized spacial score (nSPS) is 9.90. The van der Waals surface area contributed by atoms with Crippen LogP contribution >= 0.6 is 0 Å². The number of nitrogens with one attached hydrogen (secondary N) is 1. The summed E-state index contributed by atoms with van der Waals surface area (Å²) in [7, 11) is 3.83. The van der Waals surface area contributed by atoms with Crippen LogP contribution in [-0.4, -0.2) is 19.1 Å². The molecule has 0 aliphatic carbocycles. The van der Waals surface area contributed by atoms with E-state index in [0.29, 0.717) is 6.54 Å². The SMILES string of the molecule is CN(C)c1ncccc1NCc1ccc(F)c(C#N)c1. The molecule has 0 fully saturated rings.